The molecule has 3 fully saturated rings. The third-order valence-electron chi connectivity index (χ3n) is 12.2. The molecular weight excluding hydrogens is 831 g/mol. The predicted octanol–water partition coefficient (Wildman–Crippen LogP) is 11.6. The highest BCUT2D eigenvalue weighted by atomic mass is 32.3. The molecule has 3 aliphatic rings. The number of alkyl halides is 2. The van der Waals surface area contributed by atoms with Gasteiger partial charge < -0.3 is 22.6 Å². The molecule has 0 amide bonds. The second-order valence-electron chi connectivity index (χ2n) is 16.1. The van der Waals surface area contributed by atoms with Crippen molar-refractivity contribution in [2.75, 3.05) is 21.3 Å². The lowest BCUT2D eigenvalue weighted by atomic mass is 9.75. The quantitative estimate of drug-likeness (QED) is 0.0850. The molecule has 9 nitrogen and oxygen atoms in total. The summed E-state index contributed by atoms with van der Waals surface area (Å²) in [6, 6.07) is 22.5. The number of hydrogen-bond donors (Lipinski definition) is 0. The van der Waals surface area contributed by atoms with E-state index in [1.54, 1.807) is 30.3 Å². The van der Waals surface area contributed by atoms with E-state index in [4.69, 9.17) is 22.6 Å². The molecule has 0 saturated heterocycles. The second-order valence-corrected chi connectivity index (χ2v) is 21.5. The number of methoxy groups -OCH3 is 3. The van der Waals surface area contributed by atoms with Crippen molar-refractivity contribution < 1.29 is 48.2 Å². The fourth-order valence-corrected chi connectivity index (χ4v) is 13.4. The Balaban J connectivity index is 1.27. The summed E-state index contributed by atoms with van der Waals surface area (Å²) in [5, 5.41) is 0. The molecule has 0 atom stereocenters. The van der Waals surface area contributed by atoms with Gasteiger partial charge in [-0.3, -0.25) is 0 Å². The van der Waals surface area contributed by atoms with Crippen molar-refractivity contribution in [2.45, 2.75) is 133 Å². The van der Waals surface area contributed by atoms with Crippen LogP contribution in [-0.2, 0) is 31.1 Å². The fourth-order valence-electron chi connectivity index (χ4n) is 9.05. The van der Waals surface area contributed by atoms with Gasteiger partial charge in [-0.15, -0.1) is 0 Å². The highest BCUT2D eigenvalue weighted by Crippen LogP contribution is 2.49. The van der Waals surface area contributed by atoms with Gasteiger partial charge in [0.2, 0.25) is 0 Å². The van der Waals surface area contributed by atoms with Gasteiger partial charge in [-0.1, -0.05) is 82.1 Å². The Labute approximate surface area is 356 Å². The van der Waals surface area contributed by atoms with Crippen molar-refractivity contribution in [1.82, 2.24) is 0 Å². The average molecular weight is 886 g/mol. The maximum atomic E-state index is 16.5. The fraction of sp³-hybridized carbons (Fsp3) is 0.478. The number of ether oxygens (including phenoxy) is 3. The second kappa shape index (κ2) is 18.9. The molecule has 4 aromatic carbocycles. The van der Waals surface area contributed by atoms with E-state index in [2.05, 4.69) is 0 Å². The highest BCUT2D eigenvalue weighted by Gasteiger charge is 2.63. The predicted molar refractivity (Wildman–Crippen MR) is 229 cm³/mol. The van der Waals surface area contributed by atoms with Crippen molar-refractivity contribution >= 4 is 31.1 Å². The Morgan fingerprint density at radius 3 is 1.38 bits per heavy atom. The van der Waals surface area contributed by atoms with E-state index < -0.39 is 41.5 Å². The monoisotopic (exact) mass is 885 g/mol. The van der Waals surface area contributed by atoms with Gasteiger partial charge >= 0.3 is 24.8 Å². The molecule has 3 aliphatic carbocycles. The van der Waals surface area contributed by atoms with E-state index in [1.165, 1.54) is 27.4 Å². The summed E-state index contributed by atoms with van der Waals surface area (Å²) in [5.74, 6) is 0.589. The van der Waals surface area contributed by atoms with Crippen LogP contribution in [0.3, 0.4) is 0 Å². The molecule has 4 aromatic rings. The van der Waals surface area contributed by atoms with E-state index in [0.717, 1.165) is 118 Å². The van der Waals surface area contributed by atoms with Crippen LogP contribution >= 0.6 is 0 Å². The first-order chi connectivity index (χ1) is 28.8. The van der Waals surface area contributed by atoms with E-state index in [0.29, 0.717) is 27.5 Å². The molecule has 7 rings (SSSR count). The van der Waals surface area contributed by atoms with Crippen molar-refractivity contribution in [2.24, 2.45) is 0 Å². The lowest BCUT2D eigenvalue weighted by Crippen LogP contribution is -2.43. The first-order valence-corrected chi connectivity index (χ1v) is 25.0. The molecule has 0 aromatic heterocycles. The van der Waals surface area contributed by atoms with Crippen molar-refractivity contribution in [3.63, 3.8) is 0 Å². The first kappa shape index (κ1) is 44.1. The van der Waals surface area contributed by atoms with Crippen LogP contribution in [0.4, 0.5) is 8.78 Å². The first-order valence-electron chi connectivity index (χ1n) is 21.0. The van der Waals surface area contributed by atoms with Gasteiger partial charge in [-0.05, 0) is 97.2 Å². The SMILES string of the molecule is COc1cccc([S+](c2cccc(OC)c2)c2cc(OC)cc(OS(=O)(=O)C(F)(F)S(=O)(=O)Oc3c(C4CCCCC4)cc(C4CCCCC4)cc3C3CCCCC3)c2)c1. The summed E-state index contributed by atoms with van der Waals surface area (Å²) < 4.78 is 110. The van der Waals surface area contributed by atoms with Crippen LogP contribution in [0.2, 0.25) is 0 Å². The Kier molecular flexibility index (Phi) is 13.9. The standard InChI is InChI=1S/C46H55F2O9S3/c1-53-36-21-13-23-40(28-36)58(41-24-14-22-37(29-41)54-2)42-30-38(55-3)27-39(31-42)56-59(49,50)46(47,48)60(51,52)57-45-43(33-17-9-5-10-18-33)25-35(32-15-7-4-8-16-32)26-44(45)34-19-11-6-12-20-34/h13-14,21-34H,4-12,15-20H2,1-3H3/q+1. The summed E-state index contributed by atoms with van der Waals surface area (Å²) in [4.78, 5) is 1.90. The van der Waals surface area contributed by atoms with Crippen LogP contribution in [0.25, 0.3) is 0 Å². The zero-order valence-electron chi connectivity index (χ0n) is 34.5. The molecule has 14 heteroatoms. The zero-order chi connectivity index (χ0) is 42.5. The Morgan fingerprint density at radius 1 is 0.500 bits per heavy atom. The van der Waals surface area contributed by atoms with Crippen LogP contribution in [0.15, 0.2) is 93.5 Å². The number of hydrogen-bond acceptors (Lipinski definition) is 9. The van der Waals surface area contributed by atoms with Crippen molar-refractivity contribution in [3.05, 3.63) is 95.6 Å². The van der Waals surface area contributed by atoms with Gasteiger partial charge in [0, 0.05) is 30.3 Å². The van der Waals surface area contributed by atoms with Gasteiger partial charge in [0.25, 0.3) is 0 Å². The number of benzene rings is 4. The molecule has 0 N–H and O–H groups in total. The molecule has 0 unspecified atom stereocenters. The molecule has 0 heterocycles. The van der Waals surface area contributed by atoms with Gasteiger partial charge in [0.15, 0.2) is 20.4 Å². The van der Waals surface area contributed by atoms with Crippen LogP contribution in [0.5, 0.6) is 28.7 Å². The number of rotatable bonds is 15. The highest BCUT2D eigenvalue weighted by molar-refractivity contribution is 8.05. The summed E-state index contributed by atoms with van der Waals surface area (Å²) in [7, 11) is -9.06. The smallest absolute Gasteiger partial charge is 0.497 e. The van der Waals surface area contributed by atoms with Crippen LogP contribution in [0.1, 0.15) is 131 Å². The van der Waals surface area contributed by atoms with Gasteiger partial charge in [-0.25, -0.2) is 0 Å². The van der Waals surface area contributed by atoms with E-state index in [-0.39, 0.29) is 29.3 Å². The molecule has 0 aliphatic heterocycles. The molecule has 3 saturated carbocycles. The van der Waals surface area contributed by atoms with E-state index in [9.17, 15) is 16.8 Å². The number of halogens is 2. The Bertz CT molecular complexity index is 2250. The molecular formula is C46H55F2O9S3+. The third kappa shape index (κ3) is 9.55. The van der Waals surface area contributed by atoms with Crippen LogP contribution in [-0.4, -0.2) is 42.8 Å². The Morgan fingerprint density at radius 2 is 0.917 bits per heavy atom. The van der Waals surface area contributed by atoms with Crippen molar-refractivity contribution in [1.29, 1.82) is 0 Å². The Hall–Kier alpha value is -4.01. The molecule has 60 heavy (non-hydrogen) atoms. The minimum atomic E-state index is -6.25. The van der Waals surface area contributed by atoms with E-state index >= 15 is 8.78 Å². The minimum Gasteiger partial charge on any atom is -0.497 e. The van der Waals surface area contributed by atoms with Gasteiger partial charge in [-0.2, -0.15) is 25.6 Å². The van der Waals surface area contributed by atoms with E-state index in [1.807, 2.05) is 36.4 Å². The lowest BCUT2D eigenvalue weighted by molar-refractivity contribution is 0.156. The summed E-state index contributed by atoms with van der Waals surface area (Å²) >= 11 is 0. The maximum absolute atomic E-state index is 16.5. The third-order valence-corrected chi connectivity index (χ3v) is 17.5. The van der Waals surface area contributed by atoms with Gasteiger partial charge in [0.05, 0.1) is 32.2 Å². The van der Waals surface area contributed by atoms with Gasteiger partial charge in [0.1, 0.15) is 23.0 Å². The largest absolute Gasteiger partial charge is 0.518 e. The summed E-state index contributed by atoms with van der Waals surface area (Å²) in [5.41, 5.74) is 2.28. The topological polar surface area (TPSA) is 114 Å². The molecule has 0 spiro atoms. The molecule has 0 bridgehead atoms. The average Bonchev–Trinajstić information content (AvgIpc) is 3.27. The lowest BCUT2D eigenvalue weighted by Gasteiger charge is -2.32. The summed E-state index contributed by atoms with van der Waals surface area (Å²) in [6.45, 7) is 0. The normalized spacial score (nSPS) is 17.6. The van der Waals surface area contributed by atoms with Crippen LogP contribution in [0, 0.1) is 0 Å². The molecule has 0 radical (unpaired) electrons. The van der Waals surface area contributed by atoms with Crippen molar-refractivity contribution in [3.8, 4) is 28.7 Å². The molecule has 324 valence electrons. The van der Waals surface area contributed by atoms with Crippen LogP contribution < -0.4 is 22.6 Å². The zero-order valence-corrected chi connectivity index (χ0v) is 36.9. The maximum Gasteiger partial charge on any atom is 0.518 e. The summed E-state index contributed by atoms with van der Waals surface area (Å²) in [6.07, 6.45) is 14.1. The minimum absolute atomic E-state index is 0.0933.